The summed E-state index contributed by atoms with van der Waals surface area (Å²) in [6.45, 7) is 0. The van der Waals surface area contributed by atoms with Crippen molar-refractivity contribution < 1.29 is 24.9 Å². The molecule has 0 amide bonds. The molecule has 108 valence electrons. The highest BCUT2D eigenvalue weighted by molar-refractivity contribution is 6.07. The normalized spacial score (nSPS) is 10.7. The van der Waals surface area contributed by atoms with E-state index in [-0.39, 0.29) is 17.1 Å². The van der Waals surface area contributed by atoms with E-state index in [0.29, 0.717) is 5.56 Å². The lowest BCUT2D eigenvalue weighted by molar-refractivity contribution is 0.104. The number of carbonyl (C=O) groups is 1. The van der Waals surface area contributed by atoms with Crippen molar-refractivity contribution in [3.63, 3.8) is 0 Å². The van der Waals surface area contributed by atoms with Crippen LogP contribution >= 0.6 is 0 Å². The molecule has 5 nitrogen and oxygen atoms in total. The molecule has 3 N–H and O–H groups in total. The van der Waals surface area contributed by atoms with E-state index < -0.39 is 17.2 Å². The van der Waals surface area contributed by atoms with Crippen LogP contribution in [0.15, 0.2) is 42.5 Å². The monoisotopic (exact) mass is 286 g/mol. The van der Waals surface area contributed by atoms with Crippen LogP contribution < -0.4 is 4.74 Å². The summed E-state index contributed by atoms with van der Waals surface area (Å²) in [4.78, 5) is 12.0. The van der Waals surface area contributed by atoms with Crippen molar-refractivity contribution in [1.29, 1.82) is 0 Å². The second-order valence-electron chi connectivity index (χ2n) is 4.28. The van der Waals surface area contributed by atoms with Gasteiger partial charge in [0.1, 0.15) is 0 Å². The Balaban J connectivity index is 2.35. The van der Waals surface area contributed by atoms with Gasteiger partial charge in [-0.3, -0.25) is 4.79 Å². The molecule has 2 aromatic carbocycles. The summed E-state index contributed by atoms with van der Waals surface area (Å²) in [5.41, 5.74) is 0.787. The highest BCUT2D eigenvalue weighted by atomic mass is 16.5. The van der Waals surface area contributed by atoms with Crippen LogP contribution in [0.3, 0.4) is 0 Å². The number of hydrogen-bond acceptors (Lipinski definition) is 5. The predicted molar refractivity (Wildman–Crippen MR) is 77.8 cm³/mol. The molecule has 21 heavy (non-hydrogen) atoms. The number of aromatic hydroxyl groups is 3. The number of methoxy groups -OCH3 is 1. The first-order valence-corrected chi connectivity index (χ1v) is 6.14. The number of ether oxygens (including phenoxy) is 1. The molecule has 0 unspecified atom stereocenters. The van der Waals surface area contributed by atoms with Gasteiger partial charge in [0.25, 0.3) is 0 Å². The Bertz CT molecular complexity index is 690. The highest BCUT2D eigenvalue weighted by Gasteiger charge is 2.16. The molecular weight excluding hydrogens is 272 g/mol. The van der Waals surface area contributed by atoms with Gasteiger partial charge in [0, 0.05) is 11.1 Å². The molecule has 0 spiro atoms. The topological polar surface area (TPSA) is 87.0 Å². The van der Waals surface area contributed by atoms with Gasteiger partial charge >= 0.3 is 0 Å². The molecule has 0 fully saturated rings. The van der Waals surface area contributed by atoms with Crippen molar-refractivity contribution in [1.82, 2.24) is 0 Å². The SMILES string of the molecule is COc1c(C=CC(=O)c2ccccc2)cc(O)c(O)c1O. The predicted octanol–water partition coefficient (Wildman–Crippen LogP) is 2.71. The van der Waals surface area contributed by atoms with Crippen molar-refractivity contribution in [3.05, 3.63) is 53.6 Å². The van der Waals surface area contributed by atoms with Crippen molar-refractivity contribution in [2.45, 2.75) is 0 Å². The third-order valence-corrected chi connectivity index (χ3v) is 2.91. The van der Waals surface area contributed by atoms with E-state index in [1.54, 1.807) is 30.3 Å². The average molecular weight is 286 g/mol. The molecule has 0 radical (unpaired) electrons. The summed E-state index contributed by atoms with van der Waals surface area (Å²) in [5, 5.41) is 28.6. The lowest BCUT2D eigenvalue weighted by Crippen LogP contribution is -1.94. The summed E-state index contributed by atoms with van der Waals surface area (Å²) in [6, 6.07) is 9.85. The zero-order valence-electron chi connectivity index (χ0n) is 11.3. The fraction of sp³-hybridized carbons (Fsp3) is 0.0625. The third kappa shape index (κ3) is 2.97. The smallest absolute Gasteiger partial charge is 0.205 e. The van der Waals surface area contributed by atoms with Crippen molar-refractivity contribution >= 4 is 11.9 Å². The van der Waals surface area contributed by atoms with E-state index in [4.69, 9.17) is 4.74 Å². The number of ketones is 1. The molecule has 0 heterocycles. The molecule has 0 saturated heterocycles. The first-order valence-electron chi connectivity index (χ1n) is 6.14. The van der Waals surface area contributed by atoms with Gasteiger partial charge < -0.3 is 20.1 Å². The quantitative estimate of drug-likeness (QED) is 0.457. The minimum absolute atomic E-state index is 0.0255. The van der Waals surface area contributed by atoms with Crippen LogP contribution in [0.1, 0.15) is 15.9 Å². The van der Waals surface area contributed by atoms with Crippen LogP contribution in [0.25, 0.3) is 6.08 Å². The highest BCUT2D eigenvalue weighted by Crippen LogP contribution is 2.44. The van der Waals surface area contributed by atoms with Crippen molar-refractivity contribution in [3.8, 4) is 23.0 Å². The summed E-state index contributed by atoms with van der Waals surface area (Å²) in [5.74, 6) is -2.00. The Morgan fingerprint density at radius 2 is 1.76 bits per heavy atom. The number of benzene rings is 2. The van der Waals surface area contributed by atoms with Crippen LogP contribution in [0.2, 0.25) is 0 Å². The summed E-state index contributed by atoms with van der Waals surface area (Å²) in [7, 11) is 1.31. The minimum atomic E-state index is -0.668. The number of hydrogen-bond donors (Lipinski definition) is 3. The van der Waals surface area contributed by atoms with Gasteiger partial charge in [-0.05, 0) is 18.2 Å². The number of phenols is 3. The lowest BCUT2D eigenvalue weighted by atomic mass is 10.1. The van der Waals surface area contributed by atoms with Crippen LogP contribution in [0.5, 0.6) is 23.0 Å². The van der Waals surface area contributed by atoms with Gasteiger partial charge in [-0.2, -0.15) is 0 Å². The van der Waals surface area contributed by atoms with Gasteiger partial charge in [-0.25, -0.2) is 0 Å². The first kappa shape index (κ1) is 14.5. The fourth-order valence-corrected chi connectivity index (χ4v) is 1.85. The Labute approximate surface area is 121 Å². The summed E-state index contributed by atoms with van der Waals surface area (Å²) < 4.78 is 4.97. The number of carbonyl (C=O) groups excluding carboxylic acids is 1. The molecule has 0 aliphatic heterocycles. The fourth-order valence-electron chi connectivity index (χ4n) is 1.85. The van der Waals surface area contributed by atoms with Gasteiger partial charge in [-0.1, -0.05) is 30.3 Å². The maximum Gasteiger partial charge on any atom is 0.205 e. The lowest BCUT2D eigenvalue weighted by Gasteiger charge is -2.10. The molecule has 0 aliphatic carbocycles. The van der Waals surface area contributed by atoms with Crippen LogP contribution in [0.4, 0.5) is 0 Å². The standard InChI is InChI=1S/C16H14O5/c1-21-16-11(9-13(18)14(19)15(16)20)7-8-12(17)10-5-3-2-4-6-10/h2-9,18-20H,1H3. The maximum atomic E-state index is 12.0. The van der Waals surface area contributed by atoms with E-state index in [1.165, 1.54) is 25.3 Å². The van der Waals surface area contributed by atoms with Gasteiger partial charge in [0.2, 0.25) is 11.5 Å². The van der Waals surface area contributed by atoms with Gasteiger partial charge in [-0.15, -0.1) is 0 Å². The molecule has 0 aromatic heterocycles. The maximum absolute atomic E-state index is 12.0. The van der Waals surface area contributed by atoms with Crippen molar-refractivity contribution in [2.75, 3.05) is 7.11 Å². The third-order valence-electron chi connectivity index (χ3n) is 2.91. The van der Waals surface area contributed by atoms with E-state index in [9.17, 15) is 20.1 Å². The van der Waals surface area contributed by atoms with Gasteiger partial charge in [0.05, 0.1) is 7.11 Å². The first-order chi connectivity index (χ1) is 10.0. The molecule has 2 rings (SSSR count). The summed E-state index contributed by atoms with van der Waals surface area (Å²) >= 11 is 0. The molecule has 0 bridgehead atoms. The summed E-state index contributed by atoms with van der Waals surface area (Å²) in [6.07, 6.45) is 2.69. The van der Waals surface area contributed by atoms with Gasteiger partial charge in [0.15, 0.2) is 17.3 Å². The second-order valence-corrected chi connectivity index (χ2v) is 4.28. The second kappa shape index (κ2) is 6.00. The average Bonchev–Trinajstić information content (AvgIpc) is 2.51. The minimum Gasteiger partial charge on any atom is -0.504 e. The van der Waals surface area contributed by atoms with E-state index in [0.717, 1.165) is 0 Å². The number of rotatable bonds is 4. The van der Waals surface area contributed by atoms with E-state index >= 15 is 0 Å². The molecule has 2 aromatic rings. The van der Waals surface area contributed by atoms with Crippen LogP contribution in [-0.2, 0) is 0 Å². The van der Waals surface area contributed by atoms with E-state index in [1.807, 2.05) is 0 Å². The molecular formula is C16H14O5. The zero-order chi connectivity index (χ0) is 15.4. The zero-order valence-corrected chi connectivity index (χ0v) is 11.3. The Hall–Kier alpha value is -2.95. The molecule has 5 heteroatoms. The number of allylic oxidation sites excluding steroid dienone is 1. The Morgan fingerprint density at radius 1 is 1.10 bits per heavy atom. The van der Waals surface area contributed by atoms with E-state index in [2.05, 4.69) is 0 Å². The van der Waals surface area contributed by atoms with Crippen LogP contribution in [0, 0.1) is 0 Å². The number of phenolic OH excluding ortho intramolecular Hbond substituents is 3. The molecule has 0 saturated carbocycles. The Kier molecular flexibility index (Phi) is 4.13. The Morgan fingerprint density at radius 3 is 2.38 bits per heavy atom. The van der Waals surface area contributed by atoms with Crippen LogP contribution in [-0.4, -0.2) is 28.2 Å². The molecule has 0 atom stereocenters. The van der Waals surface area contributed by atoms with Crippen molar-refractivity contribution in [2.24, 2.45) is 0 Å². The largest absolute Gasteiger partial charge is 0.504 e. The molecule has 0 aliphatic rings.